The third-order valence-electron chi connectivity index (χ3n) is 3.73. The molecule has 10 heteroatoms. The van der Waals surface area contributed by atoms with Gasteiger partial charge in [-0.3, -0.25) is 9.89 Å². The lowest BCUT2D eigenvalue weighted by molar-refractivity contribution is 0.0601. The van der Waals surface area contributed by atoms with Crippen LogP contribution in [0.15, 0.2) is 45.7 Å². The van der Waals surface area contributed by atoms with Crippen molar-refractivity contribution in [2.75, 3.05) is 7.11 Å². The van der Waals surface area contributed by atoms with Gasteiger partial charge in [0.2, 0.25) is 5.16 Å². The van der Waals surface area contributed by atoms with Crippen molar-refractivity contribution in [2.24, 2.45) is 0 Å². The van der Waals surface area contributed by atoms with Gasteiger partial charge in [0.25, 0.3) is 5.56 Å². The van der Waals surface area contributed by atoms with Crippen LogP contribution in [0, 0.1) is 0 Å². The van der Waals surface area contributed by atoms with Gasteiger partial charge < -0.3 is 9.72 Å². The summed E-state index contributed by atoms with van der Waals surface area (Å²) in [6, 6.07) is 8.56. The summed E-state index contributed by atoms with van der Waals surface area (Å²) in [6.45, 7) is 0. The van der Waals surface area contributed by atoms with Gasteiger partial charge in [0.05, 0.1) is 34.2 Å². The first-order valence-electron chi connectivity index (χ1n) is 7.84. The monoisotopic (exact) mass is 399 g/mol. The Balaban J connectivity index is 1.56. The minimum absolute atomic E-state index is 0.263. The molecule has 27 heavy (non-hydrogen) atoms. The van der Waals surface area contributed by atoms with E-state index in [0.29, 0.717) is 39.0 Å². The van der Waals surface area contributed by atoms with E-state index in [-0.39, 0.29) is 5.56 Å². The smallest absolute Gasteiger partial charge is 0.337 e. The molecule has 1 aromatic carbocycles. The van der Waals surface area contributed by atoms with Crippen LogP contribution >= 0.6 is 23.1 Å². The number of benzene rings is 1. The van der Waals surface area contributed by atoms with Crippen LogP contribution in [0.25, 0.3) is 21.6 Å². The number of carbonyl (C=O) groups excluding carboxylic acids is 1. The number of nitrogens with one attached hydrogen (secondary N) is 2. The second-order valence-corrected chi connectivity index (χ2v) is 7.36. The Hall–Kier alpha value is -2.98. The highest BCUT2D eigenvalue weighted by molar-refractivity contribution is 7.98. The summed E-state index contributed by atoms with van der Waals surface area (Å²) in [4.78, 5) is 36.6. The van der Waals surface area contributed by atoms with Crippen molar-refractivity contribution < 1.29 is 9.53 Å². The summed E-state index contributed by atoms with van der Waals surface area (Å²) in [5, 5.41) is 10.0. The van der Waals surface area contributed by atoms with Gasteiger partial charge >= 0.3 is 5.97 Å². The maximum absolute atomic E-state index is 12.3. The van der Waals surface area contributed by atoms with Gasteiger partial charge in [-0.1, -0.05) is 17.8 Å². The molecule has 8 nitrogen and oxygen atoms in total. The fourth-order valence-electron chi connectivity index (χ4n) is 2.47. The predicted molar refractivity (Wildman–Crippen MR) is 103 cm³/mol. The summed E-state index contributed by atoms with van der Waals surface area (Å²) in [5.74, 6) is 1.09. The number of thioether (sulfide) groups is 1. The number of thiophene rings is 1. The topological polar surface area (TPSA) is 114 Å². The van der Waals surface area contributed by atoms with Gasteiger partial charge in [-0.05, 0) is 29.6 Å². The summed E-state index contributed by atoms with van der Waals surface area (Å²) < 4.78 is 4.71. The van der Waals surface area contributed by atoms with Gasteiger partial charge in [-0.2, -0.15) is 0 Å². The molecule has 0 unspecified atom stereocenters. The van der Waals surface area contributed by atoms with Crippen LogP contribution in [0.4, 0.5) is 0 Å². The number of ether oxygens (including phenoxy) is 1. The van der Waals surface area contributed by atoms with E-state index in [1.54, 1.807) is 29.5 Å². The van der Waals surface area contributed by atoms with Crippen LogP contribution in [0.5, 0.6) is 0 Å². The first-order valence-corrected chi connectivity index (χ1v) is 9.71. The predicted octanol–water partition coefficient (Wildman–Crippen LogP) is 2.85. The standard InChI is InChI=1S/C17H13N5O3S2/c1-25-16(24)9-4-5-10-11(7-9)18-13(19-15(10)23)8-27-17-20-14(21-22-17)12-3-2-6-26-12/h2-7H,8H2,1H3,(H,18,19,23)(H,20,21,22). The molecular weight excluding hydrogens is 386 g/mol. The summed E-state index contributed by atoms with van der Waals surface area (Å²) in [6.07, 6.45) is 0. The number of aromatic amines is 2. The van der Waals surface area contributed by atoms with Gasteiger partial charge in [-0.25, -0.2) is 14.8 Å². The Bertz CT molecular complexity index is 1170. The van der Waals surface area contributed by atoms with Crippen molar-refractivity contribution in [1.82, 2.24) is 25.1 Å². The van der Waals surface area contributed by atoms with Crippen LogP contribution in [-0.2, 0) is 10.5 Å². The average Bonchev–Trinajstić information content (AvgIpc) is 3.36. The largest absolute Gasteiger partial charge is 0.465 e. The van der Waals surface area contributed by atoms with Gasteiger partial charge in [0.1, 0.15) is 5.82 Å². The van der Waals surface area contributed by atoms with Crippen LogP contribution < -0.4 is 5.56 Å². The molecule has 0 amide bonds. The zero-order valence-corrected chi connectivity index (χ0v) is 15.7. The molecule has 0 atom stereocenters. The first kappa shape index (κ1) is 17.4. The SMILES string of the molecule is COC(=O)c1ccc2c(=O)[nH]c(CSc3n[nH]c(-c4cccs4)n3)nc2c1. The van der Waals surface area contributed by atoms with E-state index in [0.717, 1.165) is 4.88 Å². The lowest BCUT2D eigenvalue weighted by Gasteiger charge is -2.04. The maximum atomic E-state index is 12.3. The fraction of sp³-hybridized carbons (Fsp3) is 0.118. The Morgan fingerprint density at radius 1 is 1.30 bits per heavy atom. The summed E-state index contributed by atoms with van der Waals surface area (Å²) in [5.41, 5.74) is 0.518. The number of esters is 1. The molecule has 3 heterocycles. The van der Waals surface area contributed by atoms with Crippen LogP contribution in [0.2, 0.25) is 0 Å². The summed E-state index contributed by atoms with van der Waals surface area (Å²) in [7, 11) is 1.31. The van der Waals surface area contributed by atoms with E-state index < -0.39 is 5.97 Å². The van der Waals surface area contributed by atoms with Crippen molar-refractivity contribution in [3.05, 3.63) is 57.5 Å². The fourth-order valence-corrected chi connectivity index (χ4v) is 3.80. The highest BCUT2D eigenvalue weighted by Crippen LogP contribution is 2.24. The third-order valence-corrected chi connectivity index (χ3v) is 5.47. The molecular formula is C17H13N5O3S2. The Morgan fingerprint density at radius 2 is 2.19 bits per heavy atom. The van der Waals surface area contributed by atoms with E-state index in [4.69, 9.17) is 4.74 Å². The highest BCUT2D eigenvalue weighted by atomic mass is 32.2. The van der Waals surface area contributed by atoms with Crippen molar-refractivity contribution in [2.45, 2.75) is 10.9 Å². The molecule has 0 aliphatic rings. The van der Waals surface area contributed by atoms with E-state index in [1.807, 2.05) is 17.5 Å². The molecule has 0 aliphatic heterocycles. The van der Waals surface area contributed by atoms with Gasteiger partial charge in [0, 0.05) is 0 Å². The lowest BCUT2D eigenvalue weighted by Crippen LogP contribution is -2.12. The summed E-state index contributed by atoms with van der Waals surface area (Å²) >= 11 is 2.92. The minimum atomic E-state index is -0.475. The molecule has 0 radical (unpaired) electrons. The molecule has 0 bridgehead atoms. The first-order chi connectivity index (χ1) is 13.1. The van der Waals surface area contributed by atoms with E-state index in [2.05, 4.69) is 25.1 Å². The highest BCUT2D eigenvalue weighted by Gasteiger charge is 2.11. The Morgan fingerprint density at radius 3 is 2.96 bits per heavy atom. The second kappa shape index (κ2) is 7.33. The number of aromatic nitrogens is 5. The van der Waals surface area contributed by atoms with Gasteiger partial charge in [-0.15, -0.1) is 16.4 Å². The maximum Gasteiger partial charge on any atom is 0.337 e. The zero-order chi connectivity index (χ0) is 18.8. The number of hydrogen-bond acceptors (Lipinski definition) is 8. The number of rotatable bonds is 5. The van der Waals surface area contributed by atoms with Crippen LogP contribution in [0.3, 0.4) is 0 Å². The molecule has 4 rings (SSSR count). The number of hydrogen-bond donors (Lipinski definition) is 2. The second-order valence-electron chi connectivity index (χ2n) is 5.47. The lowest BCUT2D eigenvalue weighted by atomic mass is 10.1. The van der Waals surface area contributed by atoms with E-state index >= 15 is 0 Å². The number of nitrogens with zero attached hydrogens (tertiary/aromatic N) is 3. The molecule has 136 valence electrons. The normalized spacial score (nSPS) is 11.0. The van der Waals surface area contributed by atoms with Gasteiger partial charge in [0.15, 0.2) is 5.82 Å². The molecule has 0 spiro atoms. The van der Waals surface area contributed by atoms with E-state index in [9.17, 15) is 9.59 Å². The van der Waals surface area contributed by atoms with Crippen molar-refractivity contribution in [1.29, 1.82) is 0 Å². The molecule has 3 aromatic heterocycles. The molecule has 0 saturated carbocycles. The number of methoxy groups -OCH3 is 1. The van der Waals surface area contributed by atoms with Crippen LogP contribution in [-0.4, -0.2) is 38.2 Å². The van der Waals surface area contributed by atoms with Crippen molar-refractivity contribution in [3.8, 4) is 10.7 Å². The molecule has 4 aromatic rings. The zero-order valence-electron chi connectivity index (χ0n) is 14.1. The van der Waals surface area contributed by atoms with Crippen molar-refractivity contribution >= 4 is 40.0 Å². The Labute approximate surface area is 161 Å². The third kappa shape index (κ3) is 3.62. The molecule has 0 fully saturated rings. The van der Waals surface area contributed by atoms with Crippen molar-refractivity contribution in [3.63, 3.8) is 0 Å². The Kier molecular flexibility index (Phi) is 4.73. The number of H-pyrrole nitrogens is 2. The minimum Gasteiger partial charge on any atom is -0.465 e. The molecule has 2 N–H and O–H groups in total. The molecule has 0 aliphatic carbocycles. The van der Waals surface area contributed by atoms with Crippen LogP contribution in [0.1, 0.15) is 16.2 Å². The average molecular weight is 399 g/mol. The van der Waals surface area contributed by atoms with E-state index in [1.165, 1.54) is 18.9 Å². The number of fused-ring (bicyclic) bond motifs is 1. The quantitative estimate of drug-likeness (QED) is 0.392. The number of carbonyl (C=O) groups is 1. The molecule has 0 saturated heterocycles.